The minimum absolute atomic E-state index is 0.253. The first-order valence-electron chi connectivity index (χ1n) is 5.11. The van der Waals surface area contributed by atoms with E-state index < -0.39 is 22.2 Å². The SMILES string of the molecule is CCC(C(=O)O)N1CCN(S(N)(=O)=O)CC1. The number of nitrogens with two attached hydrogens (primary N) is 1. The fraction of sp³-hybridized carbons (Fsp3) is 0.875. The number of nitrogens with zero attached hydrogens (tertiary/aromatic N) is 2. The lowest BCUT2D eigenvalue weighted by molar-refractivity contribution is -0.143. The number of hydrogen-bond acceptors (Lipinski definition) is 4. The molecule has 0 bridgehead atoms. The van der Waals surface area contributed by atoms with Crippen LogP contribution < -0.4 is 5.14 Å². The van der Waals surface area contributed by atoms with Gasteiger partial charge in [0.1, 0.15) is 6.04 Å². The van der Waals surface area contributed by atoms with Crippen LogP contribution in [0, 0.1) is 0 Å². The van der Waals surface area contributed by atoms with E-state index in [1.807, 2.05) is 0 Å². The minimum atomic E-state index is -3.64. The van der Waals surface area contributed by atoms with Gasteiger partial charge in [0.25, 0.3) is 10.2 Å². The Morgan fingerprint density at radius 3 is 2.19 bits per heavy atom. The topological polar surface area (TPSA) is 104 Å². The molecule has 1 aliphatic rings. The van der Waals surface area contributed by atoms with Crippen molar-refractivity contribution in [3.05, 3.63) is 0 Å². The predicted molar refractivity (Wildman–Crippen MR) is 58.0 cm³/mol. The molecular weight excluding hydrogens is 234 g/mol. The van der Waals surface area contributed by atoms with Gasteiger partial charge < -0.3 is 5.11 Å². The molecule has 94 valence electrons. The summed E-state index contributed by atoms with van der Waals surface area (Å²) in [6.07, 6.45) is 0.505. The highest BCUT2D eigenvalue weighted by Gasteiger charge is 2.30. The summed E-state index contributed by atoms with van der Waals surface area (Å²) in [5, 5.41) is 13.9. The van der Waals surface area contributed by atoms with Crippen molar-refractivity contribution in [3.63, 3.8) is 0 Å². The van der Waals surface area contributed by atoms with Gasteiger partial charge in [0.15, 0.2) is 0 Å². The van der Waals surface area contributed by atoms with Crippen LogP contribution >= 0.6 is 0 Å². The summed E-state index contributed by atoms with van der Waals surface area (Å²) in [6, 6.07) is -0.539. The molecule has 1 saturated heterocycles. The minimum Gasteiger partial charge on any atom is -0.480 e. The lowest BCUT2D eigenvalue weighted by Gasteiger charge is -2.35. The molecule has 0 aromatic heterocycles. The molecule has 0 amide bonds. The predicted octanol–water partition coefficient (Wildman–Crippen LogP) is -1.33. The second-order valence-corrected chi connectivity index (χ2v) is 5.29. The number of hydrogen-bond donors (Lipinski definition) is 2. The number of piperazine rings is 1. The maximum absolute atomic E-state index is 11.0. The van der Waals surface area contributed by atoms with Gasteiger partial charge in [-0.05, 0) is 6.42 Å². The molecule has 1 fully saturated rings. The van der Waals surface area contributed by atoms with Crippen molar-refractivity contribution in [3.8, 4) is 0 Å². The number of aliphatic carboxylic acids is 1. The van der Waals surface area contributed by atoms with Crippen LogP contribution in [0.25, 0.3) is 0 Å². The summed E-state index contributed by atoms with van der Waals surface area (Å²) in [5.74, 6) is -0.869. The quantitative estimate of drug-likeness (QED) is 0.644. The van der Waals surface area contributed by atoms with Crippen LogP contribution in [0.15, 0.2) is 0 Å². The van der Waals surface area contributed by atoms with Gasteiger partial charge in [-0.1, -0.05) is 6.92 Å². The van der Waals surface area contributed by atoms with Crippen molar-refractivity contribution in [2.24, 2.45) is 5.14 Å². The van der Waals surface area contributed by atoms with Gasteiger partial charge in [0, 0.05) is 26.2 Å². The second-order valence-electron chi connectivity index (χ2n) is 3.74. The Kier molecular flexibility index (Phi) is 4.25. The molecule has 0 aromatic carbocycles. The van der Waals surface area contributed by atoms with Gasteiger partial charge in [0.2, 0.25) is 0 Å². The van der Waals surface area contributed by atoms with E-state index in [0.717, 1.165) is 4.31 Å². The third kappa shape index (κ3) is 3.14. The first-order valence-corrected chi connectivity index (χ1v) is 6.61. The van der Waals surface area contributed by atoms with Gasteiger partial charge in [-0.2, -0.15) is 12.7 Å². The van der Waals surface area contributed by atoms with Gasteiger partial charge >= 0.3 is 5.97 Å². The monoisotopic (exact) mass is 251 g/mol. The average molecular weight is 251 g/mol. The Bertz CT molecular complexity index is 348. The Balaban J connectivity index is 2.58. The van der Waals surface area contributed by atoms with E-state index in [2.05, 4.69) is 0 Å². The van der Waals surface area contributed by atoms with Gasteiger partial charge in [-0.15, -0.1) is 0 Å². The van der Waals surface area contributed by atoms with Crippen LogP contribution in [0.1, 0.15) is 13.3 Å². The van der Waals surface area contributed by atoms with Crippen LogP contribution in [0.3, 0.4) is 0 Å². The highest BCUT2D eigenvalue weighted by Crippen LogP contribution is 2.10. The molecule has 0 radical (unpaired) electrons. The fourth-order valence-corrected chi connectivity index (χ4v) is 2.53. The van der Waals surface area contributed by atoms with E-state index in [9.17, 15) is 13.2 Å². The number of carboxylic acids is 1. The lowest BCUT2D eigenvalue weighted by Crippen LogP contribution is -2.54. The zero-order chi connectivity index (χ0) is 12.3. The van der Waals surface area contributed by atoms with E-state index in [1.165, 1.54) is 0 Å². The standard InChI is InChI=1S/C8H17N3O4S/c1-2-7(8(12)13)10-3-5-11(6-4-10)16(9,14)15/h7H,2-6H2,1H3,(H,12,13)(H2,9,14,15). The van der Waals surface area contributed by atoms with Crippen molar-refractivity contribution in [2.75, 3.05) is 26.2 Å². The fourth-order valence-electron chi connectivity index (χ4n) is 1.86. The highest BCUT2D eigenvalue weighted by atomic mass is 32.2. The lowest BCUT2D eigenvalue weighted by atomic mass is 10.1. The van der Waals surface area contributed by atoms with Crippen LogP contribution in [0.5, 0.6) is 0 Å². The molecule has 1 atom stereocenters. The smallest absolute Gasteiger partial charge is 0.320 e. The molecule has 0 aromatic rings. The summed E-state index contributed by atoms with van der Waals surface area (Å²) in [4.78, 5) is 12.7. The van der Waals surface area contributed by atoms with E-state index in [4.69, 9.17) is 10.2 Å². The molecule has 8 heteroatoms. The van der Waals surface area contributed by atoms with Crippen LogP contribution in [0.4, 0.5) is 0 Å². The van der Waals surface area contributed by atoms with E-state index in [0.29, 0.717) is 19.5 Å². The van der Waals surface area contributed by atoms with Crippen molar-refractivity contribution < 1.29 is 18.3 Å². The summed E-state index contributed by atoms with van der Waals surface area (Å²) in [6.45, 7) is 3.11. The van der Waals surface area contributed by atoms with Crippen LogP contribution in [-0.4, -0.2) is 60.9 Å². The Hall–Kier alpha value is -0.700. The van der Waals surface area contributed by atoms with Gasteiger partial charge in [-0.3, -0.25) is 9.69 Å². The number of carboxylic acid groups (broad SMARTS) is 1. The normalized spacial score (nSPS) is 21.9. The summed E-state index contributed by atoms with van der Waals surface area (Å²) in [5.41, 5.74) is 0. The molecule has 0 saturated carbocycles. The summed E-state index contributed by atoms with van der Waals surface area (Å²) < 4.78 is 23.2. The third-order valence-electron chi connectivity index (χ3n) is 2.75. The Morgan fingerprint density at radius 2 is 1.88 bits per heavy atom. The number of carbonyl (C=O) groups is 1. The molecule has 1 aliphatic heterocycles. The molecule has 7 nitrogen and oxygen atoms in total. The van der Waals surface area contributed by atoms with Gasteiger partial charge in [-0.25, -0.2) is 5.14 Å². The first kappa shape index (κ1) is 13.4. The molecule has 0 spiro atoms. The van der Waals surface area contributed by atoms with Crippen LogP contribution in [0.2, 0.25) is 0 Å². The largest absolute Gasteiger partial charge is 0.480 e. The first-order chi connectivity index (χ1) is 7.36. The van der Waals surface area contributed by atoms with Crippen LogP contribution in [-0.2, 0) is 15.0 Å². The summed E-state index contributed by atoms with van der Waals surface area (Å²) in [7, 11) is -3.64. The third-order valence-corrected chi connectivity index (χ3v) is 3.83. The molecule has 1 unspecified atom stereocenters. The maximum atomic E-state index is 11.0. The molecule has 0 aliphatic carbocycles. The van der Waals surface area contributed by atoms with Crippen molar-refractivity contribution in [1.82, 2.24) is 9.21 Å². The van der Waals surface area contributed by atoms with Crippen molar-refractivity contribution in [2.45, 2.75) is 19.4 Å². The summed E-state index contributed by atoms with van der Waals surface area (Å²) >= 11 is 0. The zero-order valence-electron chi connectivity index (χ0n) is 9.16. The average Bonchev–Trinajstić information content (AvgIpc) is 2.17. The Morgan fingerprint density at radius 1 is 1.38 bits per heavy atom. The van der Waals surface area contributed by atoms with E-state index in [-0.39, 0.29) is 13.1 Å². The maximum Gasteiger partial charge on any atom is 0.320 e. The number of rotatable bonds is 4. The Labute approximate surface area is 95.0 Å². The van der Waals surface area contributed by atoms with Gasteiger partial charge in [0.05, 0.1) is 0 Å². The second kappa shape index (κ2) is 5.09. The van der Waals surface area contributed by atoms with Crippen molar-refractivity contribution >= 4 is 16.2 Å². The van der Waals surface area contributed by atoms with Crippen molar-refractivity contribution in [1.29, 1.82) is 0 Å². The highest BCUT2D eigenvalue weighted by molar-refractivity contribution is 7.86. The molecule has 3 N–H and O–H groups in total. The molecule has 1 rings (SSSR count). The molecular formula is C8H17N3O4S. The van der Waals surface area contributed by atoms with E-state index >= 15 is 0 Å². The molecule has 16 heavy (non-hydrogen) atoms. The van der Waals surface area contributed by atoms with E-state index in [1.54, 1.807) is 11.8 Å². The zero-order valence-corrected chi connectivity index (χ0v) is 9.98. The molecule has 1 heterocycles.